The number of nitro benzene ring substituents is 1. The maximum atomic E-state index is 13.0. The van der Waals surface area contributed by atoms with Crippen LogP contribution < -0.4 is 10.6 Å². The Bertz CT molecular complexity index is 1060. The summed E-state index contributed by atoms with van der Waals surface area (Å²) in [6.45, 7) is 2.19. The van der Waals surface area contributed by atoms with Gasteiger partial charge in [-0.25, -0.2) is 0 Å². The van der Waals surface area contributed by atoms with Gasteiger partial charge < -0.3 is 15.1 Å². The van der Waals surface area contributed by atoms with E-state index >= 15 is 0 Å². The Morgan fingerprint density at radius 1 is 1.17 bits per heavy atom. The highest BCUT2D eigenvalue weighted by atomic mass is 32.2. The topological polar surface area (TPSA) is 120 Å². The number of amides is 2. The van der Waals surface area contributed by atoms with Gasteiger partial charge in [-0.1, -0.05) is 17.7 Å². The van der Waals surface area contributed by atoms with Crippen molar-refractivity contribution in [2.75, 3.05) is 10.7 Å². The molecule has 9 heteroatoms. The van der Waals surface area contributed by atoms with Crippen molar-refractivity contribution in [3.05, 3.63) is 87.9 Å². The van der Waals surface area contributed by atoms with Gasteiger partial charge in [0.2, 0.25) is 11.8 Å². The zero-order valence-electron chi connectivity index (χ0n) is 16.1. The molecule has 3 rings (SSSR count). The third kappa shape index (κ3) is 5.06. The van der Waals surface area contributed by atoms with Gasteiger partial charge in [0.1, 0.15) is 5.76 Å². The molecule has 30 heavy (non-hydrogen) atoms. The number of carbonyl (C=O) groups excluding carboxylic acids is 2. The van der Waals surface area contributed by atoms with E-state index in [1.54, 1.807) is 17.0 Å². The first-order chi connectivity index (χ1) is 14.3. The van der Waals surface area contributed by atoms with Crippen LogP contribution in [0.5, 0.6) is 0 Å². The Balaban J connectivity index is 1.81. The number of benzene rings is 2. The predicted octanol–water partition coefficient (Wildman–Crippen LogP) is 3.92. The number of anilines is 1. The molecular weight excluding hydrogens is 406 g/mol. The van der Waals surface area contributed by atoms with E-state index < -0.39 is 10.8 Å². The summed E-state index contributed by atoms with van der Waals surface area (Å²) in [5.41, 5.74) is 6.72. The van der Waals surface area contributed by atoms with E-state index in [2.05, 4.69) is 0 Å². The SMILES string of the molecule is Cc1ccc(N(Cc2ccco2)C(=O)CSc2ccc(C(N)=O)cc2[N+](=O)[O-])cc1. The first-order valence-corrected chi connectivity index (χ1v) is 9.94. The number of rotatable bonds is 8. The molecule has 0 saturated heterocycles. The van der Waals surface area contributed by atoms with Crippen LogP contribution in [0.1, 0.15) is 21.7 Å². The van der Waals surface area contributed by atoms with Crippen molar-refractivity contribution in [2.45, 2.75) is 18.4 Å². The van der Waals surface area contributed by atoms with Crippen LogP contribution in [0.25, 0.3) is 0 Å². The Morgan fingerprint density at radius 2 is 1.90 bits per heavy atom. The summed E-state index contributed by atoms with van der Waals surface area (Å²) in [5.74, 6) is -0.417. The lowest BCUT2D eigenvalue weighted by Gasteiger charge is -2.22. The van der Waals surface area contributed by atoms with Crippen LogP contribution in [-0.2, 0) is 11.3 Å². The monoisotopic (exact) mass is 425 g/mol. The summed E-state index contributed by atoms with van der Waals surface area (Å²) in [7, 11) is 0. The molecule has 0 atom stereocenters. The number of carbonyl (C=O) groups is 2. The molecule has 0 bridgehead atoms. The van der Waals surface area contributed by atoms with Crippen molar-refractivity contribution in [2.24, 2.45) is 5.73 Å². The molecular formula is C21H19N3O5S. The maximum Gasteiger partial charge on any atom is 0.283 e. The lowest BCUT2D eigenvalue weighted by molar-refractivity contribution is -0.387. The zero-order chi connectivity index (χ0) is 21.7. The van der Waals surface area contributed by atoms with Gasteiger partial charge in [-0.3, -0.25) is 19.7 Å². The van der Waals surface area contributed by atoms with Gasteiger partial charge in [-0.15, -0.1) is 11.8 Å². The first kappa shape index (κ1) is 21.1. The largest absolute Gasteiger partial charge is 0.467 e. The van der Waals surface area contributed by atoms with Crippen molar-refractivity contribution in [3.8, 4) is 0 Å². The van der Waals surface area contributed by atoms with E-state index in [1.165, 1.54) is 18.4 Å². The molecule has 154 valence electrons. The normalized spacial score (nSPS) is 10.6. The standard InChI is InChI=1S/C21H19N3O5S/c1-14-4-7-16(8-5-14)23(12-17-3-2-10-29-17)20(25)13-30-19-9-6-15(21(22)26)11-18(19)24(27)28/h2-11H,12-13H2,1H3,(H2,22,26). The molecule has 0 fully saturated rings. The van der Waals surface area contributed by atoms with Gasteiger partial charge in [0, 0.05) is 17.3 Å². The average molecular weight is 425 g/mol. The number of nitrogens with two attached hydrogens (primary N) is 1. The molecule has 1 aromatic heterocycles. The van der Waals surface area contributed by atoms with Crippen LogP contribution in [0.2, 0.25) is 0 Å². The molecule has 0 spiro atoms. The lowest BCUT2D eigenvalue weighted by Crippen LogP contribution is -2.31. The summed E-state index contributed by atoms with van der Waals surface area (Å²) in [5, 5.41) is 11.4. The minimum absolute atomic E-state index is 0.0364. The maximum absolute atomic E-state index is 13.0. The highest BCUT2D eigenvalue weighted by molar-refractivity contribution is 8.00. The van der Waals surface area contributed by atoms with Gasteiger partial charge in [0.15, 0.2) is 0 Å². The van der Waals surface area contributed by atoms with E-state index in [0.717, 1.165) is 23.4 Å². The second-order valence-corrected chi connectivity index (χ2v) is 7.50. The van der Waals surface area contributed by atoms with Crippen molar-refractivity contribution in [1.82, 2.24) is 0 Å². The predicted molar refractivity (Wildman–Crippen MR) is 113 cm³/mol. The van der Waals surface area contributed by atoms with E-state index in [0.29, 0.717) is 11.4 Å². The fraction of sp³-hybridized carbons (Fsp3) is 0.143. The Labute approximate surface area is 176 Å². The van der Waals surface area contributed by atoms with Crippen molar-refractivity contribution in [3.63, 3.8) is 0 Å². The first-order valence-electron chi connectivity index (χ1n) is 8.95. The fourth-order valence-electron chi connectivity index (χ4n) is 2.76. The molecule has 8 nitrogen and oxygen atoms in total. The molecule has 2 amide bonds. The number of primary amides is 1. The highest BCUT2D eigenvalue weighted by Crippen LogP contribution is 2.31. The van der Waals surface area contributed by atoms with Crippen LogP contribution >= 0.6 is 11.8 Å². The van der Waals surface area contributed by atoms with E-state index in [4.69, 9.17) is 10.2 Å². The molecule has 0 aliphatic rings. The molecule has 0 unspecified atom stereocenters. The van der Waals surface area contributed by atoms with Gasteiger partial charge in [-0.05, 0) is 43.3 Å². The summed E-state index contributed by atoms with van der Waals surface area (Å²) >= 11 is 1.03. The quantitative estimate of drug-likeness (QED) is 0.332. The number of thioether (sulfide) groups is 1. The molecule has 0 aliphatic heterocycles. The number of furan rings is 1. The Hall–Kier alpha value is -3.59. The zero-order valence-corrected chi connectivity index (χ0v) is 16.9. The Morgan fingerprint density at radius 3 is 2.50 bits per heavy atom. The molecule has 0 saturated carbocycles. The van der Waals surface area contributed by atoms with Gasteiger partial charge in [0.25, 0.3) is 5.69 Å². The summed E-state index contributed by atoms with van der Waals surface area (Å²) in [4.78, 5) is 36.9. The van der Waals surface area contributed by atoms with Crippen LogP contribution in [-0.4, -0.2) is 22.5 Å². The summed E-state index contributed by atoms with van der Waals surface area (Å²) in [6, 6.07) is 14.9. The minimum atomic E-state index is -0.755. The van der Waals surface area contributed by atoms with Gasteiger partial charge in [0.05, 0.1) is 28.4 Å². The molecule has 3 aromatic rings. The minimum Gasteiger partial charge on any atom is -0.467 e. The number of hydrogen-bond acceptors (Lipinski definition) is 6. The molecule has 0 aliphatic carbocycles. The van der Waals surface area contributed by atoms with E-state index in [9.17, 15) is 19.7 Å². The number of nitro groups is 1. The number of aryl methyl sites for hydroxylation is 1. The van der Waals surface area contributed by atoms with Crippen LogP contribution in [0.3, 0.4) is 0 Å². The Kier molecular flexibility index (Phi) is 6.53. The molecule has 2 aromatic carbocycles. The second-order valence-electron chi connectivity index (χ2n) is 6.49. The third-order valence-electron chi connectivity index (χ3n) is 4.33. The lowest BCUT2D eigenvalue weighted by atomic mass is 10.2. The van der Waals surface area contributed by atoms with Crippen LogP contribution in [0.4, 0.5) is 11.4 Å². The van der Waals surface area contributed by atoms with Crippen LogP contribution in [0.15, 0.2) is 70.2 Å². The van der Waals surface area contributed by atoms with Gasteiger partial charge in [-0.2, -0.15) is 0 Å². The second kappa shape index (κ2) is 9.27. The fourth-order valence-corrected chi connectivity index (χ4v) is 3.64. The van der Waals surface area contributed by atoms with Gasteiger partial charge >= 0.3 is 0 Å². The molecule has 0 radical (unpaired) electrons. The molecule has 1 heterocycles. The summed E-state index contributed by atoms with van der Waals surface area (Å²) < 4.78 is 5.37. The molecule has 2 N–H and O–H groups in total. The summed E-state index contributed by atoms with van der Waals surface area (Å²) in [6.07, 6.45) is 1.53. The highest BCUT2D eigenvalue weighted by Gasteiger charge is 2.21. The smallest absolute Gasteiger partial charge is 0.283 e. The number of hydrogen-bond donors (Lipinski definition) is 1. The van der Waals surface area contributed by atoms with E-state index in [1.807, 2.05) is 31.2 Å². The van der Waals surface area contributed by atoms with Crippen molar-refractivity contribution in [1.29, 1.82) is 0 Å². The van der Waals surface area contributed by atoms with Crippen molar-refractivity contribution >= 4 is 35.0 Å². The average Bonchev–Trinajstić information content (AvgIpc) is 3.24. The van der Waals surface area contributed by atoms with Crippen molar-refractivity contribution < 1.29 is 18.9 Å². The third-order valence-corrected chi connectivity index (χ3v) is 5.38. The van der Waals surface area contributed by atoms with E-state index in [-0.39, 0.29) is 34.4 Å². The van der Waals surface area contributed by atoms with Crippen LogP contribution in [0, 0.1) is 17.0 Å². The number of nitrogens with zero attached hydrogens (tertiary/aromatic N) is 2.